The van der Waals surface area contributed by atoms with Gasteiger partial charge in [-0.3, -0.25) is 4.79 Å². The number of rotatable bonds is 3. The van der Waals surface area contributed by atoms with E-state index in [2.05, 4.69) is 0 Å². The normalized spacial score (nSPS) is 17.2. The summed E-state index contributed by atoms with van der Waals surface area (Å²) in [5.74, 6) is -1.08. The van der Waals surface area contributed by atoms with Gasteiger partial charge in [-0.05, 0) is 37.8 Å². The molecule has 0 atom stereocenters. The van der Waals surface area contributed by atoms with Crippen molar-refractivity contribution in [3.63, 3.8) is 0 Å². The van der Waals surface area contributed by atoms with Crippen LogP contribution in [0.4, 0.5) is 4.39 Å². The molecule has 0 bridgehead atoms. The Bertz CT molecular complexity index is 447. The first kappa shape index (κ1) is 11.1. The Hall–Kier alpha value is -1.38. The van der Waals surface area contributed by atoms with Crippen LogP contribution in [-0.4, -0.2) is 11.1 Å². The van der Waals surface area contributed by atoms with E-state index in [9.17, 15) is 9.18 Å². The van der Waals surface area contributed by atoms with Crippen LogP contribution in [0, 0.1) is 19.7 Å². The lowest BCUT2D eigenvalue weighted by Gasteiger charge is -2.16. The molecule has 1 aliphatic carbocycles. The summed E-state index contributed by atoms with van der Waals surface area (Å²) in [5.41, 5.74) is 1.75. The monoisotopic (exact) mass is 222 g/mol. The molecule has 16 heavy (non-hydrogen) atoms. The molecule has 0 heterocycles. The number of benzene rings is 1. The summed E-state index contributed by atoms with van der Waals surface area (Å²) in [6, 6.07) is 3.58. The highest BCUT2D eigenvalue weighted by Gasteiger charge is 2.47. The predicted molar refractivity (Wildman–Crippen MR) is 59.0 cm³/mol. The summed E-state index contributed by atoms with van der Waals surface area (Å²) in [5, 5.41) is 8.86. The fourth-order valence-electron chi connectivity index (χ4n) is 2.32. The first-order chi connectivity index (χ1) is 7.44. The second-order valence-corrected chi connectivity index (χ2v) is 4.79. The fourth-order valence-corrected chi connectivity index (χ4v) is 2.32. The van der Waals surface area contributed by atoms with E-state index < -0.39 is 11.4 Å². The largest absolute Gasteiger partial charge is 0.481 e. The van der Waals surface area contributed by atoms with E-state index >= 15 is 0 Å². The molecular weight excluding hydrogens is 207 g/mol. The summed E-state index contributed by atoms with van der Waals surface area (Å²) in [6.45, 7) is 3.63. The number of halogens is 1. The third kappa shape index (κ3) is 1.82. The number of carboxylic acids is 1. The Balaban J connectivity index is 2.44. The van der Waals surface area contributed by atoms with Crippen molar-refractivity contribution >= 4 is 5.97 Å². The minimum absolute atomic E-state index is 0.0345. The van der Waals surface area contributed by atoms with Crippen LogP contribution in [0.1, 0.15) is 36.0 Å². The Morgan fingerprint density at radius 3 is 2.56 bits per heavy atom. The van der Waals surface area contributed by atoms with Crippen molar-refractivity contribution in [3.8, 4) is 0 Å². The first-order valence-electron chi connectivity index (χ1n) is 5.44. The van der Waals surface area contributed by atoms with Crippen LogP contribution in [0.15, 0.2) is 12.1 Å². The molecule has 1 N–H and O–H groups in total. The Kier molecular flexibility index (Phi) is 2.49. The van der Waals surface area contributed by atoms with E-state index in [-0.39, 0.29) is 12.2 Å². The molecule has 1 aliphatic rings. The van der Waals surface area contributed by atoms with Gasteiger partial charge in [0.25, 0.3) is 0 Å². The minimum Gasteiger partial charge on any atom is -0.481 e. The Labute approximate surface area is 94.1 Å². The smallest absolute Gasteiger partial charge is 0.304 e. The van der Waals surface area contributed by atoms with E-state index in [0.29, 0.717) is 11.1 Å². The standard InChI is InChI=1S/C13H15FO2/c1-8-5-9(2)12(14)10(6-8)13(3-4-13)7-11(15)16/h5-6H,3-4,7H2,1-2H3,(H,15,16). The van der Waals surface area contributed by atoms with Gasteiger partial charge in [-0.25, -0.2) is 4.39 Å². The van der Waals surface area contributed by atoms with Gasteiger partial charge in [0.05, 0.1) is 6.42 Å². The molecule has 0 unspecified atom stereocenters. The fraction of sp³-hybridized carbons (Fsp3) is 0.462. The van der Waals surface area contributed by atoms with Crippen molar-refractivity contribution in [2.24, 2.45) is 0 Å². The Morgan fingerprint density at radius 1 is 1.44 bits per heavy atom. The lowest BCUT2D eigenvalue weighted by atomic mass is 9.89. The van der Waals surface area contributed by atoms with Gasteiger partial charge in [0, 0.05) is 5.41 Å². The number of hydrogen-bond acceptors (Lipinski definition) is 1. The Morgan fingerprint density at radius 2 is 2.06 bits per heavy atom. The van der Waals surface area contributed by atoms with Gasteiger partial charge in [0.2, 0.25) is 0 Å². The molecule has 2 rings (SSSR count). The molecule has 0 amide bonds. The van der Waals surface area contributed by atoms with Crippen LogP contribution >= 0.6 is 0 Å². The van der Waals surface area contributed by atoms with Gasteiger partial charge in [0.15, 0.2) is 0 Å². The van der Waals surface area contributed by atoms with Crippen molar-refractivity contribution in [3.05, 3.63) is 34.6 Å². The zero-order valence-corrected chi connectivity index (χ0v) is 9.51. The molecule has 1 aromatic carbocycles. The van der Waals surface area contributed by atoms with Gasteiger partial charge >= 0.3 is 5.97 Å². The summed E-state index contributed by atoms with van der Waals surface area (Å²) in [6.07, 6.45) is 1.59. The minimum atomic E-state index is -0.851. The molecule has 0 radical (unpaired) electrons. The highest BCUT2D eigenvalue weighted by molar-refractivity contribution is 5.70. The van der Waals surface area contributed by atoms with E-state index in [1.54, 1.807) is 19.1 Å². The molecular formula is C13H15FO2. The molecule has 86 valence electrons. The van der Waals surface area contributed by atoms with Crippen LogP contribution in [0.3, 0.4) is 0 Å². The van der Waals surface area contributed by atoms with Gasteiger partial charge < -0.3 is 5.11 Å². The number of aliphatic carboxylic acids is 1. The van der Waals surface area contributed by atoms with E-state index in [4.69, 9.17) is 5.11 Å². The van der Waals surface area contributed by atoms with Gasteiger partial charge in [-0.15, -0.1) is 0 Å². The van der Waals surface area contributed by atoms with Crippen LogP contribution in [0.2, 0.25) is 0 Å². The van der Waals surface area contributed by atoms with Crippen LogP contribution in [0.25, 0.3) is 0 Å². The van der Waals surface area contributed by atoms with Crippen molar-refractivity contribution in [2.45, 2.75) is 38.5 Å². The highest BCUT2D eigenvalue weighted by Crippen LogP contribution is 2.52. The maximum absolute atomic E-state index is 14.0. The molecule has 1 saturated carbocycles. The lowest BCUT2D eigenvalue weighted by molar-refractivity contribution is -0.137. The number of hydrogen-bond donors (Lipinski definition) is 1. The second kappa shape index (κ2) is 3.58. The SMILES string of the molecule is Cc1cc(C)c(F)c(C2(CC(=O)O)CC2)c1. The molecule has 0 aliphatic heterocycles. The van der Waals surface area contributed by atoms with Crippen LogP contribution in [0.5, 0.6) is 0 Å². The van der Waals surface area contributed by atoms with E-state index in [1.807, 2.05) is 6.92 Å². The van der Waals surface area contributed by atoms with E-state index in [0.717, 1.165) is 18.4 Å². The van der Waals surface area contributed by atoms with Crippen molar-refractivity contribution < 1.29 is 14.3 Å². The van der Waals surface area contributed by atoms with E-state index in [1.165, 1.54) is 0 Å². The summed E-state index contributed by atoms with van der Waals surface area (Å²) in [7, 11) is 0. The summed E-state index contributed by atoms with van der Waals surface area (Å²) in [4.78, 5) is 10.8. The molecule has 2 nitrogen and oxygen atoms in total. The van der Waals surface area contributed by atoms with Gasteiger partial charge in [0.1, 0.15) is 5.82 Å². The zero-order valence-electron chi connectivity index (χ0n) is 9.51. The van der Waals surface area contributed by atoms with Crippen molar-refractivity contribution in [1.29, 1.82) is 0 Å². The third-order valence-corrected chi connectivity index (χ3v) is 3.31. The van der Waals surface area contributed by atoms with Crippen LogP contribution in [-0.2, 0) is 10.2 Å². The van der Waals surface area contributed by atoms with Crippen LogP contribution < -0.4 is 0 Å². The molecule has 0 aromatic heterocycles. The zero-order chi connectivity index (χ0) is 11.9. The lowest BCUT2D eigenvalue weighted by Crippen LogP contribution is -2.15. The van der Waals surface area contributed by atoms with Gasteiger partial charge in [-0.2, -0.15) is 0 Å². The number of aryl methyl sites for hydroxylation is 2. The summed E-state index contributed by atoms with van der Waals surface area (Å²) >= 11 is 0. The number of carboxylic acid groups (broad SMARTS) is 1. The first-order valence-corrected chi connectivity index (χ1v) is 5.44. The summed E-state index contributed by atoms with van der Waals surface area (Å²) < 4.78 is 14.0. The molecule has 0 saturated heterocycles. The maximum atomic E-state index is 14.0. The second-order valence-electron chi connectivity index (χ2n) is 4.79. The van der Waals surface area contributed by atoms with Crippen molar-refractivity contribution in [2.75, 3.05) is 0 Å². The topological polar surface area (TPSA) is 37.3 Å². The third-order valence-electron chi connectivity index (χ3n) is 3.31. The molecule has 0 spiro atoms. The molecule has 1 fully saturated rings. The maximum Gasteiger partial charge on any atom is 0.304 e. The average Bonchev–Trinajstić information content (AvgIpc) is 2.91. The predicted octanol–water partition coefficient (Wildman–Crippen LogP) is 2.95. The quantitative estimate of drug-likeness (QED) is 0.853. The molecule has 1 aromatic rings. The highest BCUT2D eigenvalue weighted by atomic mass is 19.1. The molecule has 3 heteroatoms. The van der Waals surface area contributed by atoms with Crippen molar-refractivity contribution in [1.82, 2.24) is 0 Å². The average molecular weight is 222 g/mol. The van der Waals surface area contributed by atoms with Gasteiger partial charge in [-0.1, -0.05) is 17.7 Å². The number of carbonyl (C=O) groups is 1.